The molecule has 1 aromatic heterocycles. The van der Waals surface area contributed by atoms with Crippen molar-refractivity contribution in [3.63, 3.8) is 0 Å². The number of hydrogen-bond donors (Lipinski definition) is 2. The van der Waals surface area contributed by atoms with Crippen LogP contribution in [0.4, 0.5) is 40.4 Å². The van der Waals surface area contributed by atoms with Crippen molar-refractivity contribution in [3.05, 3.63) is 89.1 Å². The van der Waals surface area contributed by atoms with Gasteiger partial charge in [0.1, 0.15) is 27.7 Å². The van der Waals surface area contributed by atoms with Gasteiger partial charge in [-0.2, -0.15) is 4.90 Å². The lowest BCUT2D eigenvalue weighted by molar-refractivity contribution is -0.128. The van der Waals surface area contributed by atoms with Crippen LogP contribution in [-0.2, 0) is 35.4 Å². The van der Waals surface area contributed by atoms with Crippen molar-refractivity contribution in [1.82, 2.24) is 9.88 Å². The number of aryl methyl sites for hydroxylation is 1. The lowest BCUT2D eigenvalue weighted by Crippen LogP contribution is -2.44. The van der Waals surface area contributed by atoms with Crippen molar-refractivity contribution >= 4 is 62.0 Å². The smallest absolute Gasteiger partial charge is 0.425 e. The Kier molecular flexibility index (Phi) is 14.5. The first-order valence-corrected chi connectivity index (χ1v) is 20.7. The zero-order valence-electron chi connectivity index (χ0n) is 35.7. The molecule has 1 heterocycles. The number of nitrogens with zero attached hydrogens (tertiary/aromatic N) is 3. The van der Waals surface area contributed by atoms with Crippen LogP contribution in [0, 0.1) is 18.6 Å². The number of sulfone groups is 1. The van der Waals surface area contributed by atoms with E-state index < -0.39 is 73.6 Å². The Hall–Kier alpha value is -5.84. The van der Waals surface area contributed by atoms with Crippen LogP contribution in [-0.4, -0.2) is 79.1 Å². The van der Waals surface area contributed by atoms with Crippen LogP contribution in [0.15, 0.2) is 65.7 Å². The van der Waals surface area contributed by atoms with E-state index in [1.165, 1.54) is 45.3 Å². The monoisotopic (exact) mass is 853 g/mol. The molecule has 4 aromatic rings. The fraction of sp³-hybridized carbons (Fsp3) is 0.419. The molecule has 0 aliphatic heterocycles. The van der Waals surface area contributed by atoms with Crippen LogP contribution < -0.4 is 15.5 Å². The summed E-state index contributed by atoms with van der Waals surface area (Å²) in [5.74, 6) is -3.14. The fourth-order valence-electron chi connectivity index (χ4n) is 6.02. The largest absolute Gasteiger partial charge is 0.449 e. The number of nitrogens with one attached hydrogen (secondary N) is 2. The fourth-order valence-corrected chi connectivity index (χ4v) is 7.31. The molecule has 324 valence electrons. The Morgan fingerprint density at radius 2 is 1.45 bits per heavy atom. The highest BCUT2D eigenvalue weighted by Crippen LogP contribution is 2.33. The quantitative estimate of drug-likeness (QED) is 0.130. The predicted molar refractivity (Wildman–Crippen MR) is 225 cm³/mol. The van der Waals surface area contributed by atoms with Gasteiger partial charge < -0.3 is 24.4 Å². The first kappa shape index (κ1) is 46.8. The highest BCUT2D eigenvalue weighted by atomic mass is 32.2. The van der Waals surface area contributed by atoms with Crippen molar-refractivity contribution in [2.75, 3.05) is 35.7 Å². The van der Waals surface area contributed by atoms with Crippen LogP contribution in [0.5, 0.6) is 0 Å². The molecular weight excluding hydrogens is 801 g/mol. The second kappa shape index (κ2) is 18.6. The minimum atomic E-state index is -4.21. The van der Waals surface area contributed by atoms with Crippen LogP contribution in [0.25, 0.3) is 10.8 Å². The van der Waals surface area contributed by atoms with Crippen LogP contribution in [0.1, 0.15) is 84.9 Å². The molecule has 17 heteroatoms. The maximum atomic E-state index is 16.0. The molecule has 0 unspecified atom stereocenters. The van der Waals surface area contributed by atoms with Crippen molar-refractivity contribution in [2.24, 2.45) is 0 Å². The molecule has 4 rings (SSSR count). The van der Waals surface area contributed by atoms with Crippen molar-refractivity contribution < 1.29 is 50.6 Å². The molecule has 2 N–H and O–H groups in total. The van der Waals surface area contributed by atoms with Crippen LogP contribution in [0.3, 0.4) is 0 Å². The number of benzene rings is 3. The van der Waals surface area contributed by atoms with Gasteiger partial charge in [-0.15, -0.1) is 0 Å². The third kappa shape index (κ3) is 11.9. The zero-order valence-corrected chi connectivity index (χ0v) is 36.5. The number of carbonyl (C=O) groups excluding carboxylic acids is 4. The van der Waals surface area contributed by atoms with Gasteiger partial charge in [0.05, 0.1) is 23.8 Å². The van der Waals surface area contributed by atoms with Gasteiger partial charge in [0, 0.05) is 37.1 Å². The second-order valence-electron chi connectivity index (χ2n) is 16.6. The number of rotatable bonds is 12. The standard InChI is InChI=1S/C43H53F2N5O9S/c1-25(2)60(55,56)37-29(19-31(21-34(37)45)48-39(52)57-24-27(4)32-15-13-12-14-26(32)3)23-49(11)35(51)22-47-30-18-28-16-17-46-38(36(28)33(44)20-30)50(40(53)58-42(5,6)7)41(54)59-43(8,9)10/h12-21,25,27,47H,22-24H2,1-11H3,(H,48,52)/t27-/m0/s1. The Balaban J connectivity index is 1.56. The first-order chi connectivity index (χ1) is 27.8. The van der Waals surface area contributed by atoms with Gasteiger partial charge >= 0.3 is 18.3 Å². The number of fused-ring (bicyclic) bond motifs is 1. The summed E-state index contributed by atoms with van der Waals surface area (Å²) in [6, 6.07) is 13.7. The average Bonchev–Trinajstić information content (AvgIpc) is 3.11. The lowest BCUT2D eigenvalue weighted by atomic mass is 9.97. The van der Waals surface area contributed by atoms with E-state index in [0.717, 1.165) is 28.2 Å². The summed E-state index contributed by atoms with van der Waals surface area (Å²) in [5, 5.41) is 4.27. The molecule has 3 aromatic carbocycles. The van der Waals surface area contributed by atoms with E-state index in [2.05, 4.69) is 15.6 Å². The number of pyridine rings is 1. The van der Waals surface area contributed by atoms with E-state index in [4.69, 9.17) is 14.2 Å². The molecular formula is C43H53F2N5O9S. The summed E-state index contributed by atoms with van der Waals surface area (Å²) in [4.78, 5) is 58.0. The topological polar surface area (TPSA) is 174 Å². The number of aromatic nitrogens is 1. The van der Waals surface area contributed by atoms with E-state index in [1.807, 2.05) is 38.1 Å². The molecule has 0 aliphatic rings. The van der Waals surface area contributed by atoms with Crippen LogP contribution in [0.2, 0.25) is 0 Å². The Bertz CT molecular complexity index is 2350. The van der Waals surface area contributed by atoms with Gasteiger partial charge in [-0.1, -0.05) is 31.2 Å². The number of anilines is 3. The molecule has 0 bridgehead atoms. The summed E-state index contributed by atoms with van der Waals surface area (Å²) >= 11 is 0. The summed E-state index contributed by atoms with van der Waals surface area (Å²) in [7, 11) is -2.84. The summed E-state index contributed by atoms with van der Waals surface area (Å²) in [6.45, 7) is 15.4. The predicted octanol–water partition coefficient (Wildman–Crippen LogP) is 9.10. The third-order valence-corrected chi connectivity index (χ3v) is 11.2. The zero-order chi connectivity index (χ0) is 44.9. The number of carbonyl (C=O) groups is 4. The van der Waals surface area contributed by atoms with E-state index in [-0.39, 0.29) is 52.6 Å². The summed E-state index contributed by atoms with van der Waals surface area (Å²) in [6.07, 6.45) is -1.90. The van der Waals surface area contributed by atoms with E-state index in [0.29, 0.717) is 4.90 Å². The second-order valence-corrected chi connectivity index (χ2v) is 19.1. The van der Waals surface area contributed by atoms with Gasteiger partial charge in [-0.3, -0.25) is 10.1 Å². The third-order valence-electron chi connectivity index (χ3n) is 8.89. The van der Waals surface area contributed by atoms with Gasteiger partial charge in [-0.05, 0) is 115 Å². The van der Waals surface area contributed by atoms with Crippen molar-refractivity contribution in [1.29, 1.82) is 0 Å². The molecule has 14 nitrogen and oxygen atoms in total. The van der Waals surface area contributed by atoms with Gasteiger partial charge in [-0.25, -0.2) is 36.6 Å². The number of hydrogen-bond acceptors (Lipinski definition) is 11. The normalized spacial score (nSPS) is 12.4. The van der Waals surface area contributed by atoms with Crippen molar-refractivity contribution in [3.8, 4) is 0 Å². The molecule has 4 amide bonds. The lowest BCUT2D eigenvalue weighted by Gasteiger charge is -2.28. The molecule has 0 aliphatic carbocycles. The molecule has 0 spiro atoms. The van der Waals surface area contributed by atoms with Gasteiger partial charge in [0.15, 0.2) is 15.7 Å². The number of imide groups is 1. The number of amides is 4. The number of ether oxygens (including phenoxy) is 3. The Morgan fingerprint density at radius 1 is 0.850 bits per heavy atom. The summed E-state index contributed by atoms with van der Waals surface area (Å²) < 4.78 is 74.6. The van der Waals surface area contributed by atoms with E-state index in [9.17, 15) is 27.6 Å². The van der Waals surface area contributed by atoms with E-state index >= 15 is 8.78 Å². The highest BCUT2D eigenvalue weighted by molar-refractivity contribution is 7.92. The maximum absolute atomic E-state index is 16.0. The van der Waals surface area contributed by atoms with Gasteiger partial charge in [0.2, 0.25) is 5.91 Å². The first-order valence-electron chi connectivity index (χ1n) is 19.2. The SMILES string of the molecule is Cc1ccccc1[C@@H](C)COC(=O)Nc1cc(F)c(S(=O)(=O)C(C)C)c(CN(C)C(=O)CNc2cc(F)c3c(N(C(=O)OC(C)(C)C)C(=O)OC(C)(C)C)nccc3c2)c1. The molecule has 60 heavy (non-hydrogen) atoms. The molecule has 1 atom stereocenters. The molecule has 0 saturated carbocycles. The number of halogens is 2. The molecule has 0 radical (unpaired) electrons. The average molecular weight is 854 g/mol. The Labute approximate surface area is 349 Å². The van der Waals surface area contributed by atoms with Gasteiger partial charge in [0.25, 0.3) is 0 Å². The van der Waals surface area contributed by atoms with Crippen LogP contribution >= 0.6 is 0 Å². The maximum Gasteiger partial charge on any atom is 0.425 e. The Morgan fingerprint density at radius 3 is 2.03 bits per heavy atom. The highest BCUT2D eigenvalue weighted by Gasteiger charge is 2.35. The van der Waals surface area contributed by atoms with Crippen molar-refractivity contribution in [2.45, 2.75) is 103 Å². The molecule has 0 saturated heterocycles. The van der Waals surface area contributed by atoms with E-state index in [1.54, 1.807) is 41.5 Å². The minimum absolute atomic E-state index is 0.0197. The molecule has 0 fully saturated rings. The number of likely N-dealkylation sites (N-methyl/N-ethyl adjacent to an activating group) is 1. The minimum Gasteiger partial charge on any atom is -0.449 e. The summed E-state index contributed by atoms with van der Waals surface area (Å²) in [5.41, 5.74) is -0.0832.